The zero-order valence-corrected chi connectivity index (χ0v) is 14.9. The zero-order valence-electron chi connectivity index (χ0n) is 14.9. The molecular weight excluding hydrogens is 314 g/mol. The number of carbonyl (C=O) groups is 1. The molecule has 0 saturated carbocycles. The Labute approximate surface area is 147 Å². The van der Waals surface area contributed by atoms with E-state index in [2.05, 4.69) is 10.3 Å². The van der Waals surface area contributed by atoms with Crippen molar-refractivity contribution in [1.29, 1.82) is 0 Å². The molecule has 0 aliphatic heterocycles. The summed E-state index contributed by atoms with van der Waals surface area (Å²) in [5.74, 6) is 0.631. The smallest absolute Gasteiger partial charge is 0.257 e. The van der Waals surface area contributed by atoms with Crippen LogP contribution >= 0.6 is 0 Å². The van der Waals surface area contributed by atoms with Crippen molar-refractivity contribution in [3.63, 3.8) is 0 Å². The van der Waals surface area contributed by atoms with E-state index >= 15 is 0 Å². The predicted octanol–water partition coefficient (Wildman–Crippen LogP) is 3.00. The first-order valence-corrected chi connectivity index (χ1v) is 8.43. The van der Waals surface area contributed by atoms with Crippen LogP contribution in [0.1, 0.15) is 22.4 Å². The van der Waals surface area contributed by atoms with E-state index in [1.165, 1.54) is 5.56 Å². The highest BCUT2D eigenvalue weighted by Gasteiger charge is 2.07. The number of nitrogens with one attached hydrogen (secondary N) is 1. The maximum absolute atomic E-state index is 12.0. The predicted molar refractivity (Wildman–Crippen MR) is 98.1 cm³/mol. The number of pyridine rings is 1. The van der Waals surface area contributed by atoms with Crippen LogP contribution in [0.4, 0.5) is 0 Å². The summed E-state index contributed by atoms with van der Waals surface area (Å²) in [5, 5.41) is 2.88. The Kier molecular flexibility index (Phi) is 5.03. The number of ether oxygens (including phenoxy) is 1. The number of hydrogen-bond acceptors (Lipinski definition) is 3. The highest BCUT2D eigenvalue weighted by atomic mass is 16.5. The van der Waals surface area contributed by atoms with E-state index in [9.17, 15) is 4.79 Å². The second kappa shape index (κ2) is 7.38. The molecule has 0 unspecified atom stereocenters. The summed E-state index contributed by atoms with van der Waals surface area (Å²) < 4.78 is 7.61. The third kappa shape index (κ3) is 4.18. The molecule has 25 heavy (non-hydrogen) atoms. The Balaban J connectivity index is 1.48. The van der Waals surface area contributed by atoms with Gasteiger partial charge in [-0.15, -0.1) is 0 Å². The molecule has 5 heteroatoms. The average Bonchev–Trinajstić information content (AvgIpc) is 2.98. The van der Waals surface area contributed by atoms with Gasteiger partial charge in [-0.1, -0.05) is 12.1 Å². The second-order valence-corrected chi connectivity index (χ2v) is 6.29. The maximum Gasteiger partial charge on any atom is 0.257 e. The minimum atomic E-state index is -0.125. The van der Waals surface area contributed by atoms with Crippen LogP contribution in [0.2, 0.25) is 0 Å². The molecule has 130 valence electrons. The van der Waals surface area contributed by atoms with Crippen LogP contribution in [0.25, 0.3) is 5.65 Å². The molecule has 2 heterocycles. The van der Waals surface area contributed by atoms with Gasteiger partial charge in [0.2, 0.25) is 0 Å². The quantitative estimate of drug-likeness (QED) is 0.752. The normalized spacial score (nSPS) is 10.8. The molecule has 3 rings (SSSR count). The van der Waals surface area contributed by atoms with Crippen LogP contribution in [0, 0.1) is 20.8 Å². The Morgan fingerprint density at radius 3 is 2.92 bits per heavy atom. The summed E-state index contributed by atoms with van der Waals surface area (Å²) in [6.07, 6.45) is 4.68. The Hall–Kier alpha value is -2.82. The van der Waals surface area contributed by atoms with Crippen LogP contribution in [0.5, 0.6) is 5.75 Å². The lowest BCUT2D eigenvalue weighted by atomic mass is 10.1. The van der Waals surface area contributed by atoms with Crippen molar-refractivity contribution in [2.45, 2.75) is 27.2 Å². The van der Waals surface area contributed by atoms with Crippen molar-refractivity contribution >= 4 is 11.6 Å². The van der Waals surface area contributed by atoms with Crippen LogP contribution in [0.15, 0.2) is 42.7 Å². The molecule has 2 aromatic heterocycles. The summed E-state index contributed by atoms with van der Waals surface area (Å²) in [4.78, 5) is 16.5. The third-order valence-corrected chi connectivity index (χ3v) is 4.28. The van der Waals surface area contributed by atoms with E-state index in [0.717, 1.165) is 28.2 Å². The molecule has 0 spiro atoms. The lowest BCUT2D eigenvalue weighted by molar-refractivity contribution is -0.123. The fourth-order valence-electron chi connectivity index (χ4n) is 2.66. The average molecular weight is 337 g/mol. The summed E-state index contributed by atoms with van der Waals surface area (Å²) in [6, 6.07) is 9.93. The van der Waals surface area contributed by atoms with Gasteiger partial charge in [-0.3, -0.25) is 4.79 Å². The number of fused-ring (bicyclic) bond motifs is 1. The number of nitrogens with zero attached hydrogens (tertiary/aromatic N) is 2. The number of aromatic nitrogens is 2. The van der Waals surface area contributed by atoms with Gasteiger partial charge in [0.15, 0.2) is 6.61 Å². The van der Waals surface area contributed by atoms with E-state index in [1.54, 1.807) is 0 Å². The molecule has 1 N–H and O–H groups in total. The van der Waals surface area contributed by atoms with Gasteiger partial charge < -0.3 is 14.5 Å². The van der Waals surface area contributed by atoms with Crippen LogP contribution in [-0.2, 0) is 11.2 Å². The van der Waals surface area contributed by atoms with Crippen molar-refractivity contribution in [1.82, 2.24) is 14.7 Å². The molecule has 0 atom stereocenters. The Bertz CT molecular complexity index is 899. The van der Waals surface area contributed by atoms with E-state index in [1.807, 2.05) is 67.9 Å². The van der Waals surface area contributed by atoms with Crippen molar-refractivity contribution < 1.29 is 9.53 Å². The van der Waals surface area contributed by atoms with Gasteiger partial charge in [-0.2, -0.15) is 0 Å². The van der Waals surface area contributed by atoms with Gasteiger partial charge in [0.1, 0.15) is 11.4 Å². The molecule has 5 nitrogen and oxygen atoms in total. The Morgan fingerprint density at radius 1 is 1.24 bits per heavy atom. The number of hydrogen-bond donors (Lipinski definition) is 1. The summed E-state index contributed by atoms with van der Waals surface area (Å²) >= 11 is 0. The first-order valence-electron chi connectivity index (χ1n) is 8.43. The monoisotopic (exact) mass is 337 g/mol. The van der Waals surface area contributed by atoms with Crippen molar-refractivity contribution in [2.24, 2.45) is 0 Å². The summed E-state index contributed by atoms with van der Waals surface area (Å²) in [5.41, 5.74) is 5.29. The lowest BCUT2D eigenvalue weighted by Crippen LogP contribution is -2.30. The molecule has 0 radical (unpaired) electrons. The molecule has 0 aliphatic rings. The molecule has 1 amide bonds. The zero-order chi connectivity index (χ0) is 17.8. The van der Waals surface area contributed by atoms with E-state index in [4.69, 9.17) is 4.74 Å². The first-order chi connectivity index (χ1) is 12.0. The van der Waals surface area contributed by atoms with E-state index in [0.29, 0.717) is 13.0 Å². The topological polar surface area (TPSA) is 55.6 Å². The molecular formula is C20H23N3O2. The highest BCUT2D eigenvalue weighted by Crippen LogP contribution is 2.20. The van der Waals surface area contributed by atoms with Crippen molar-refractivity contribution in [3.8, 4) is 5.75 Å². The maximum atomic E-state index is 12.0. The van der Waals surface area contributed by atoms with Gasteiger partial charge in [0, 0.05) is 25.4 Å². The molecule has 0 saturated heterocycles. The summed E-state index contributed by atoms with van der Waals surface area (Å²) in [7, 11) is 0. The number of amides is 1. The highest BCUT2D eigenvalue weighted by molar-refractivity contribution is 5.77. The molecule has 1 aromatic carbocycles. The second-order valence-electron chi connectivity index (χ2n) is 6.29. The molecule has 0 aliphatic carbocycles. The molecule has 0 fully saturated rings. The van der Waals surface area contributed by atoms with E-state index in [-0.39, 0.29) is 12.5 Å². The van der Waals surface area contributed by atoms with Crippen LogP contribution in [-0.4, -0.2) is 28.4 Å². The number of benzene rings is 1. The van der Waals surface area contributed by atoms with Gasteiger partial charge in [0.05, 0.1) is 5.69 Å². The minimum absolute atomic E-state index is 0.0225. The van der Waals surface area contributed by atoms with Gasteiger partial charge in [0.25, 0.3) is 5.91 Å². The SMILES string of the molecule is Cc1ccn2cc(CCNC(=O)COc3cccc(C)c3C)nc2c1. The van der Waals surface area contributed by atoms with Crippen molar-refractivity contribution in [2.75, 3.05) is 13.2 Å². The van der Waals surface area contributed by atoms with Crippen LogP contribution in [0.3, 0.4) is 0 Å². The summed E-state index contributed by atoms with van der Waals surface area (Å²) in [6.45, 7) is 6.63. The van der Waals surface area contributed by atoms with Gasteiger partial charge in [-0.05, 0) is 55.7 Å². The minimum Gasteiger partial charge on any atom is -0.483 e. The fraction of sp³-hybridized carbons (Fsp3) is 0.300. The van der Waals surface area contributed by atoms with Crippen molar-refractivity contribution in [3.05, 3.63) is 65.1 Å². The van der Waals surface area contributed by atoms with E-state index < -0.39 is 0 Å². The lowest BCUT2D eigenvalue weighted by Gasteiger charge is -2.10. The number of aryl methyl sites for hydroxylation is 2. The molecule has 0 bridgehead atoms. The largest absolute Gasteiger partial charge is 0.483 e. The first kappa shape index (κ1) is 17.0. The van der Waals surface area contributed by atoms with Gasteiger partial charge >= 0.3 is 0 Å². The third-order valence-electron chi connectivity index (χ3n) is 4.28. The fourth-order valence-corrected chi connectivity index (χ4v) is 2.66. The standard InChI is InChI=1S/C20H23N3O2/c1-14-8-10-23-12-17(22-19(23)11-14)7-9-21-20(24)13-25-18-6-4-5-15(2)16(18)3/h4-6,8,10-12H,7,9,13H2,1-3H3,(H,21,24). The number of imidazole rings is 1. The molecule has 3 aromatic rings. The van der Waals surface area contributed by atoms with Crippen LogP contribution < -0.4 is 10.1 Å². The Morgan fingerprint density at radius 2 is 2.08 bits per heavy atom. The van der Waals surface area contributed by atoms with Gasteiger partial charge in [-0.25, -0.2) is 4.98 Å². The number of carbonyl (C=O) groups excluding carboxylic acids is 1. The number of rotatable bonds is 6.